The highest BCUT2D eigenvalue weighted by Crippen LogP contribution is 2.41. The summed E-state index contributed by atoms with van der Waals surface area (Å²) in [6, 6.07) is 15.2. The van der Waals surface area contributed by atoms with Crippen molar-refractivity contribution in [1.82, 2.24) is 9.78 Å². The number of nitriles is 1. The molecule has 0 spiro atoms. The molecule has 0 bridgehead atoms. The number of hydrogen-bond acceptors (Lipinski definition) is 6. The molecule has 0 amide bonds. The Hall–Kier alpha value is -3.96. The molecule has 1 aliphatic rings. The molecule has 0 saturated heterocycles. The summed E-state index contributed by atoms with van der Waals surface area (Å²) in [7, 11) is 0. The molecule has 1 atom stereocenters. The van der Waals surface area contributed by atoms with Gasteiger partial charge in [0.2, 0.25) is 5.76 Å². The number of fused-ring (bicyclic) bond motifs is 1. The van der Waals surface area contributed by atoms with Gasteiger partial charge in [-0.2, -0.15) is 15.0 Å². The van der Waals surface area contributed by atoms with Gasteiger partial charge < -0.3 is 5.11 Å². The number of rotatable bonds is 3. The van der Waals surface area contributed by atoms with Gasteiger partial charge in [-0.3, -0.25) is 14.9 Å². The van der Waals surface area contributed by atoms with Crippen molar-refractivity contribution in [3.63, 3.8) is 0 Å². The van der Waals surface area contributed by atoms with E-state index in [1.165, 1.54) is 0 Å². The van der Waals surface area contributed by atoms with Gasteiger partial charge in [-0.1, -0.05) is 47.5 Å². The van der Waals surface area contributed by atoms with Crippen LogP contribution in [0.3, 0.4) is 0 Å². The largest absolute Gasteiger partial charge is 0.501 e. The second kappa shape index (κ2) is 7.70. The summed E-state index contributed by atoms with van der Waals surface area (Å²) < 4.78 is 0.973. The van der Waals surface area contributed by atoms with Crippen molar-refractivity contribution in [1.29, 1.82) is 5.26 Å². The van der Waals surface area contributed by atoms with Crippen LogP contribution in [0.25, 0.3) is 11.4 Å². The molecule has 0 radical (unpaired) electrons. The van der Waals surface area contributed by atoms with Gasteiger partial charge in [0.25, 0.3) is 11.3 Å². The lowest BCUT2D eigenvalue weighted by Crippen LogP contribution is -2.31. The highest BCUT2D eigenvalue weighted by Gasteiger charge is 2.41. The van der Waals surface area contributed by atoms with E-state index in [1.807, 2.05) is 13.0 Å². The number of aliphatic hydroxyl groups excluding tert-OH is 1. The molecule has 4 rings (SSSR count). The fourth-order valence-corrected chi connectivity index (χ4v) is 4.01. The molecule has 1 aromatic heterocycles. The molecule has 154 valence electrons. The van der Waals surface area contributed by atoms with E-state index in [0.29, 0.717) is 11.3 Å². The van der Waals surface area contributed by atoms with Crippen LogP contribution in [0.1, 0.15) is 33.9 Å². The van der Waals surface area contributed by atoms with E-state index in [-0.39, 0.29) is 28.3 Å². The molecular weight excluding hydrogens is 420 g/mol. The van der Waals surface area contributed by atoms with Crippen molar-refractivity contribution in [2.45, 2.75) is 19.3 Å². The van der Waals surface area contributed by atoms with E-state index in [2.05, 4.69) is 5.10 Å². The molecular formula is C22H15ClN4O4. The Balaban J connectivity index is 2.01. The number of benzene rings is 2. The first-order chi connectivity index (χ1) is 14.8. The second-order valence-corrected chi connectivity index (χ2v) is 7.54. The van der Waals surface area contributed by atoms with Crippen LogP contribution in [0.5, 0.6) is 0 Å². The normalized spacial score (nSPS) is 15.3. The van der Waals surface area contributed by atoms with E-state index in [1.54, 1.807) is 48.5 Å². The molecule has 0 fully saturated rings. The first kappa shape index (κ1) is 20.3. The molecule has 2 aromatic carbocycles. The molecule has 0 saturated carbocycles. The molecule has 8 nitrogen and oxygen atoms in total. The van der Waals surface area contributed by atoms with Crippen LogP contribution < -0.4 is 5.56 Å². The number of halogens is 1. The van der Waals surface area contributed by atoms with Gasteiger partial charge in [-0.05, 0) is 37.1 Å². The van der Waals surface area contributed by atoms with Crippen LogP contribution >= 0.6 is 11.6 Å². The topological polar surface area (TPSA) is 122 Å². The van der Waals surface area contributed by atoms with Gasteiger partial charge in [-0.25, -0.2) is 0 Å². The maximum absolute atomic E-state index is 13.0. The van der Waals surface area contributed by atoms with Crippen LogP contribution in [0.2, 0.25) is 5.02 Å². The molecule has 1 N–H and O–H groups in total. The van der Waals surface area contributed by atoms with Crippen molar-refractivity contribution < 1.29 is 10.0 Å². The van der Waals surface area contributed by atoms with Crippen molar-refractivity contribution in [2.75, 3.05) is 0 Å². The van der Waals surface area contributed by atoms with E-state index < -0.39 is 27.9 Å². The standard InChI is InChI=1S/C22H15ClN4O4/c1-12-6-8-13(9-7-12)26-22(29)17(11-24)15-10-16(14-4-2-3-5-18(14)23)20(27(30)31)21(28)19(15)25-26/h2-9,16,28H,10H2,1H3. The molecule has 0 aliphatic heterocycles. The van der Waals surface area contributed by atoms with E-state index in [4.69, 9.17) is 11.6 Å². The molecule has 9 heteroatoms. The quantitative estimate of drug-likeness (QED) is 0.492. The van der Waals surface area contributed by atoms with Crippen LogP contribution in [0.4, 0.5) is 0 Å². The second-order valence-electron chi connectivity index (χ2n) is 7.14. The first-order valence-corrected chi connectivity index (χ1v) is 9.67. The number of allylic oxidation sites excluding steroid dienone is 1. The SMILES string of the molecule is Cc1ccc(-n2nc3c(c(C#N)c2=O)CC(c2ccccc2Cl)C([N+](=O)[O-])=C3O)cc1. The van der Waals surface area contributed by atoms with Crippen molar-refractivity contribution >= 4 is 17.4 Å². The lowest BCUT2D eigenvalue weighted by atomic mass is 9.82. The maximum Gasteiger partial charge on any atom is 0.297 e. The summed E-state index contributed by atoms with van der Waals surface area (Å²) in [4.78, 5) is 24.2. The molecule has 3 aromatic rings. The number of hydrogen-bond donors (Lipinski definition) is 1. The van der Waals surface area contributed by atoms with Crippen LogP contribution in [0, 0.1) is 28.4 Å². The Morgan fingerprint density at radius 3 is 2.55 bits per heavy atom. The summed E-state index contributed by atoms with van der Waals surface area (Å²) in [6.07, 6.45) is -0.0701. The minimum atomic E-state index is -0.945. The van der Waals surface area contributed by atoms with Crippen LogP contribution in [-0.4, -0.2) is 19.8 Å². The fourth-order valence-electron chi connectivity index (χ4n) is 3.74. The Labute approximate surface area is 181 Å². The van der Waals surface area contributed by atoms with Gasteiger partial charge in [0, 0.05) is 10.6 Å². The maximum atomic E-state index is 13.0. The van der Waals surface area contributed by atoms with Crippen molar-refractivity contribution in [3.05, 3.63) is 108 Å². The fraction of sp³-hybridized carbons (Fsp3) is 0.136. The average Bonchev–Trinajstić information content (AvgIpc) is 2.74. The summed E-state index contributed by atoms with van der Waals surface area (Å²) >= 11 is 6.25. The van der Waals surface area contributed by atoms with Crippen LogP contribution in [-0.2, 0) is 6.42 Å². The smallest absolute Gasteiger partial charge is 0.297 e. The highest BCUT2D eigenvalue weighted by molar-refractivity contribution is 6.31. The minimum Gasteiger partial charge on any atom is -0.501 e. The van der Waals surface area contributed by atoms with E-state index in [9.17, 15) is 25.3 Å². The third-order valence-electron chi connectivity index (χ3n) is 5.27. The van der Waals surface area contributed by atoms with Gasteiger partial charge in [0.1, 0.15) is 17.3 Å². The monoisotopic (exact) mass is 434 g/mol. The Kier molecular flexibility index (Phi) is 5.05. The molecule has 31 heavy (non-hydrogen) atoms. The summed E-state index contributed by atoms with van der Waals surface area (Å²) in [5, 5.41) is 36.9. The number of aromatic nitrogens is 2. The first-order valence-electron chi connectivity index (χ1n) is 9.29. The highest BCUT2D eigenvalue weighted by atomic mass is 35.5. The molecule has 1 heterocycles. The summed E-state index contributed by atoms with van der Waals surface area (Å²) in [6.45, 7) is 1.88. The van der Waals surface area contributed by atoms with E-state index in [0.717, 1.165) is 10.2 Å². The molecule has 1 unspecified atom stereocenters. The predicted molar refractivity (Wildman–Crippen MR) is 114 cm³/mol. The van der Waals surface area contributed by atoms with E-state index >= 15 is 0 Å². The van der Waals surface area contributed by atoms with Gasteiger partial charge in [0.05, 0.1) is 16.5 Å². The van der Waals surface area contributed by atoms with Gasteiger partial charge >= 0.3 is 0 Å². The van der Waals surface area contributed by atoms with Crippen molar-refractivity contribution in [2.24, 2.45) is 0 Å². The lowest BCUT2D eigenvalue weighted by Gasteiger charge is -2.24. The predicted octanol–water partition coefficient (Wildman–Crippen LogP) is 3.91. The zero-order chi connectivity index (χ0) is 22.3. The molecule has 1 aliphatic carbocycles. The average molecular weight is 435 g/mol. The number of aliphatic hydroxyl groups is 1. The van der Waals surface area contributed by atoms with Gasteiger partial charge in [-0.15, -0.1) is 0 Å². The van der Waals surface area contributed by atoms with Gasteiger partial charge in [0.15, 0.2) is 0 Å². The Morgan fingerprint density at radius 2 is 1.94 bits per heavy atom. The summed E-state index contributed by atoms with van der Waals surface area (Å²) in [5.74, 6) is -1.63. The number of nitro groups is 1. The zero-order valence-electron chi connectivity index (χ0n) is 16.2. The Morgan fingerprint density at radius 1 is 1.26 bits per heavy atom. The summed E-state index contributed by atoms with van der Waals surface area (Å²) in [5.41, 5.74) is 0.369. The minimum absolute atomic E-state index is 0.0701. The lowest BCUT2D eigenvalue weighted by molar-refractivity contribution is -0.430. The number of aryl methyl sites for hydroxylation is 1. The zero-order valence-corrected chi connectivity index (χ0v) is 17.0. The Bertz CT molecular complexity index is 1350. The van der Waals surface area contributed by atoms with Crippen LogP contribution in [0.15, 0.2) is 59.0 Å². The third-order valence-corrected chi connectivity index (χ3v) is 5.61. The number of nitrogens with zero attached hydrogens (tertiary/aromatic N) is 4. The van der Waals surface area contributed by atoms with Crippen molar-refractivity contribution in [3.8, 4) is 11.8 Å². The third kappa shape index (κ3) is 3.35.